The average Bonchev–Trinajstić information content (AvgIpc) is 2.84. The monoisotopic (exact) mass is 424 g/mol. The van der Waals surface area contributed by atoms with Crippen LogP contribution in [-0.2, 0) is 9.53 Å². The highest BCUT2D eigenvalue weighted by molar-refractivity contribution is 5.92. The first-order chi connectivity index (χ1) is 15.2. The molecule has 8 heteroatoms. The Kier molecular flexibility index (Phi) is 7.43. The van der Waals surface area contributed by atoms with Gasteiger partial charge < -0.3 is 20.7 Å². The van der Waals surface area contributed by atoms with Gasteiger partial charge in [-0.3, -0.25) is 9.78 Å². The van der Waals surface area contributed by atoms with Gasteiger partial charge >= 0.3 is 0 Å². The van der Waals surface area contributed by atoms with Crippen molar-refractivity contribution in [2.75, 3.05) is 36.9 Å². The molecule has 4 heterocycles. The fraction of sp³-hybridized carbons (Fsp3) is 0.565. The Balaban J connectivity index is 1.37. The highest BCUT2D eigenvalue weighted by Gasteiger charge is 2.25. The van der Waals surface area contributed by atoms with Gasteiger partial charge in [-0.2, -0.15) is 0 Å². The highest BCUT2D eigenvalue weighted by atomic mass is 16.5. The van der Waals surface area contributed by atoms with Crippen molar-refractivity contribution in [2.45, 2.75) is 45.1 Å². The van der Waals surface area contributed by atoms with E-state index in [9.17, 15) is 4.79 Å². The summed E-state index contributed by atoms with van der Waals surface area (Å²) in [6.45, 7) is 5.43. The lowest BCUT2D eigenvalue weighted by atomic mass is 9.93. The van der Waals surface area contributed by atoms with Gasteiger partial charge in [-0.25, -0.2) is 9.97 Å². The van der Waals surface area contributed by atoms with E-state index in [2.05, 4.69) is 32.8 Å². The largest absolute Gasteiger partial charge is 0.381 e. The number of piperidine rings is 1. The molecular weight excluding hydrogens is 392 g/mol. The molecule has 3 N–H and O–H groups in total. The number of amides is 1. The standard InChI is InChI=1S/C23H32N6O2/c1-2-19-4-3-18(13-26-19)23(30)29-21-11-17(5-8-25-21)20-14-24-15-22(28-20)27-12-16-6-9-31-10-7-16/h5,8,11,14-16,18-19,26H,2-4,6-7,9-10,12-13H2,1H3,(H,27,28)(H,25,29,30). The minimum Gasteiger partial charge on any atom is -0.381 e. The predicted molar refractivity (Wildman–Crippen MR) is 121 cm³/mol. The van der Waals surface area contributed by atoms with Crippen molar-refractivity contribution in [1.29, 1.82) is 0 Å². The SMILES string of the molecule is CCC1CCC(C(=O)Nc2cc(-c3cncc(NCC4CCOCC4)n3)ccn2)CN1. The molecule has 166 valence electrons. The van der Waals surface area contributed by atoms with Crippen molar-refractivity contribution in [1.82, 2.24) is 20.3 Å². The molecule has 1 amide bonds. The molecule has 2 fully saturated rings. The summed E-state index contributed by atoms with van der Waals surface area (Å²) < 4.78 is 5.42. The van der Waals surface area contributed by atoms with Crippen LogP contribution in [0.25, 0.3) is 11.3 Å². The number of hydrogen-bond acceptors (Lipinski definition) is 7. The lowest BCUT2D eigenvalue weighted by Crippen LogP contribution is -2.43. The van der Waals surface area contributed by atoms with E-state index in [1.54, 1.807) is 18.6 Å². The minimum absolute atomic E-state index is 0.0182. The molecule has 0 bridgehead atoms. The summed E-state index contributed by atoms with van der Waals surface area (Å²) in [6, 6.07) is 4.27. The Labute approximate surface area is 183 Å². The molecule has 2 aliphatic rings. The molecule has 0 aromatic carbocycles. The number of hydrogen-bond donors (Lipinski definition) is 3. The van der Waals surface area contributed by atoms with Crippen LogP contribution in [-0.4, -0.2) is 53.2 Å². The molecule has 2 unspecified atom stereocenters. The minimum atomic E-state index is -0.0224. The van der Waals surface area contributed by atoms with Crippen LogP contribution in [0.1, 0.15) is 39.0 Å². The fourth-order valence-corrected chi connectivity index (χ4v) is 4.16. The van der Waals surface area contributed by atoms with Crippen LogP contribution in [0.5, 0.6) is 0 Å². The molecule has 0 saturated carbocycles. The number of anilines is 2. The molecular formula is C23H32N6O2. The summed E-state index contributed by atoms with van der Waals surface area (Å²) in [7, 11) is 0. The van der Waals surface area contributed by atoms with Crippen molar-refractivity contribution in [3.8, 4) is 11.3 Å². The normalized spacial score (nSPS) is 22.1. The van der Waals surface area contributed by atoms with E-state index in [1.807, 2.05) is 12.1 Å². The highest BCUT2D eigenvalue weighted by Crippen LogP contribution is 2.22. The zero-order chi connectivity index (χ0) is 21.5. The zero-order valence-electron chi connectivity index (χ0n) is 18.1. The first kappa shape index (κ1) is 21.6. The number of pyridine rings is 1. The van der Waals surface area contributed by atoms with Gasteiger partial charge in [-0.05, 0) is 50.2 Å². The van der Waals surface area contributed by atoms with E-state index in [-0.39, 0.29) is 11.8 Å². The van der Waals surface area contributed by atoms with Gasteiger partial charge in [0.15, 0.2) is 0 Å². The molecule has 8 nitrogen and oxygen atoms in total. The summed E-state index contributed by atoms with van der Waals surface area (Å²) in [4.78, 5) is 26.0. The third kappa shape index (κ3) is 5.98. The molecule has 0 aliphatic carbocycles. The first-order valence-corrected chi connectivity index (χ1v) is 11.4. The number of ether oxygens (including phenoxy) is 1. The lowest BCUT2D eigenvalue weighted by Gasteiger charge is -2.28. The second kappa shape index (κ2) is 10.6. The van der Waals surface area contributed by atoms with Gasteiger partial charge in [-0.15, -0.1) is 0 Å². The third-order valence-electron chi connectivity index (χ3n) is 6.23. The quantitative estimate of drug-likeness (QED) is 0.628. The van der Waals surface area contributed by atoms with Crippen LogP contribution >= 0.6 is 0 Å². The number of carbonyl (C=O) groups is 1. The molecule has 2 aliphatic heterocycles. The van der Waals surface area contributed by atoms with E-state index < -0.39 is 0 Å². The molecule has 2 atom stereocenters. The summed E-state index contributed by atoms with van der Waals surface area (Å²) >= 11 is 0. The summed E-state index contributed by atoms with van der Waals surface area (Å²) in [6.07, 6.45) is 10.4. The number of nitrogens with zero attached hydrogens (tertiary/aromatic N) is 3. The first-order valence-electron chi connectivity index (χ1n) is 11.4. The molecule has 2 aromatic rings. The molecule has 31 heavy (non-hydrogen) atoms. The predicted octanol–water partition coefficient (Wildman–Crippen LogP) is 3.09. The summed E-state index contributed by atoms with van der Waals surface area (Å²) in [5.41, 5.74) is 1.63. The number of aromatic nitrogens is 3. The summed E-state index contributed by atoms with van der Waals surface area (Å²) in [5, 5.41) is 9.82. The Morgan fingerprint density at radius 2 is 2.06 bits per heavy atom. The molecule has 0 radical (unpaired) electrons. The lowest BCUT2D eigenvalue weighted by molar-refractivity contribution is -0.120. The van der Waals surface area contributed by atoms with Crippen molar-refractivity contribution < 1.29 is 9.53 Å². The van der Waals surface area contributed by atoms with Crippen LogP contribution in [0.15, 0.2) is 30.7 Å². The van der Waals surface area contributed by atoms with Gasteiger partial charge in [0.05, 0.1) is 24.0 Å². The van der Waals surface area contributed by atoms with Crippen LogP contribution < -0.4 is 16.0 Å². The van der Waals surface area contributed by atoms with Crippen LogP contribution in [0.3, 0.4) is 0 Å². The maximum Gasteiger partial charge on any atom is 0.229 e. The van der Waals surface area contributed by atoms with Crippen molar-refractivity contribution >= 4 is 17.5 Å². The molecule has 2 saturated heterocycles. The smallest absolute Gasteiger partial charge is 0.229 e. The molecule has 2 aromatic heterocycles. The van der Waals surface area contributed by atoms with E-state index in [4.69, 9.17) is 9.72 Å². The van der Waals surface area contributed by atoms with Crippen LogP contribution in [0.4, 0.5) is 11.6 Å². The van der Waals surface area contributed by atoms with Gasteiger partial charge in [0.2, 0.25) is 5.91 Å². The van der Waals surface area contributed by atoms with Crippen molar-refractivity contribution in [3.63, 3.8) is 0 Å². The third-order valence-corrected chi connectivity index (χ3v) is 6.23. The molecule has 0 spiro atoms. The van der Waals surface area contributed by atoms with Crippen molar-refractivity contribution in [2.24, 2.45) is 11.8 Å². The zero-order valence-corrected chi connectivity index (χ0v) is 18.1. The topological polar surface area (TPSA) is 101 Å². The van der Waals surface area contributed by atoms with E-state index in [0.717, 1.165) is 75.5 Å². The average molecular weight is 425 g/mol. The molecule has 4 rings (SSSR count). The van der Waals surface area contributed by atoms with Gasteiger partial charge in [0.1, 0.15) is 11.6 Å². The Morgan fingerprint density at radius 1 is 1.19 bits per heavy atom. The van der Waals surface area contributed by atoms with Gasteiger partial charge in [0, 0.05) is 44.1 Å². The van der Waals surface area contributed by atoms with Gasteiger partial charge in [-0.1, -0.05) is 6.92 Å². The fourth-order valence-electron chi connectivity index (χ4n) is 4.16. The van der Waals surface area contributed by atoms with E-state index in [0.29, 0.717) is 17.8 Å². The maximum absolute atomic E-state index is 12.7. The second-order valence-electron chi connectivity index (χ2n) is 8.43. The van der Waals surface area contributed by atoms with Crippen LogP contribution in [0.2, 0.25) is 0 Å². The van der Waals surface area contributed by atoms with Crippen LogP contribution in [0, 0.1) is 11.8 Å². The van der Waals surface area contributed by atoms with E-state index in [1.165, 1.54) is 0 Å². The Morgan fingerprint density at radius 3 is 2.84 bits per heavy atom. The van der Waals surface area contributed by atoms with Crippen molar-refractivity contribution in [3.05, 3.63) is 30.7 Å². The number of nitrogens with one attached hydrogen (secondary N) is 3. The Hall–Kier alpha value is -2.58. The summed E-state index contributed by atoms with van der Waals surface area (Å²) in [5.74, 6) is 1.90. The second-order valence-corrected chi connectivity index (χ2v) is 8.43. The maximum atomic E-state index is 12.7. The number of carbonyl (C=O) groups excluding carboxylic acids is 1. The number of rotatable bonds is 7. The van der Waals surface area contributed by atoms with E-state index >= 15 is 0 Å². The van der Waals surface area contributed by atoms with Gasteiger partial charge in [0.25, 0.3) is 0 Å². The Bertz CT molecular complexity index is 863.